The van der Waals surface area contributed by atoms with Crippen molar-refractivity contribution < 1.29 is 4.39 Å². The number of aromatic nitrogens is 2. The molecule has 2 nitrogen and oxygen atoms in total. The standard InChI is InChI=1S/C16H19Cl2FN2/c1-3-10-4-5-14(9(10)2)21-15-7-12(19)11(18)6-13(15)20-16(21)8-17/h6-7,9-10,14H,3-5,8H2,1-2H3. The van der Waals surface area contributed by atoms with Crippen LogP contribution in [-0.4, -0.2) is 9.55 Å². The summed E-state index contributed by atoms with van der Waals surface area (Å²) < 4.78 is 16.0. The molecule has 0 bridgehead atoms. The van der Waals surface area contributed by atoms with Crippen LogP contribution in [0.4, 0.5) is 4.39 Å². The molecule has 114 valence electrons. The summed E-state index contributed by atoms with van der Waals surface area (Å²) in [6.45, 7) is 4.51. The molecule has 0 saturated heterocycles. The van der Waals surface area contributed by atoms with Crippen molar-refractivity contribution in [2.75, 3.05) is 0 Å². The van der Waals surface area contributed by atoms with Crippen LogP contribution < -0.4 is 0 Å². The molecule has 0 N–H and O–H groups in total. The maximum absolute atomic E-state index is 13.9. The van der Waals surface area contributed by atoms with E-state index in [1.807, 2.05) is 0 Å². The minimum absolute atomic E-state index is 0.110. The Morgan fingerprint density at radius 2 is 2.14 bits per heavy atom. The molecule has 0 radical (unpaired) electrons. The van der Waals surface area contributed by atoms with Gasteiger partial charge in [0.1, 0.15) is 11.6 Å². The second kappa shape index (κ2) is 5.77. The number of nitrogens with zero attached hydrogens (tertiary/aromatic N) is 2. The quantitative estimate of drug-likeness (QED) is 0.674. The van der Waals surface area contributed by atoms with E-state index in [-0.39, 0.29) is 5.02 Å². The highest BCUT2D eigenvalue weighted by Crippen LogP contribution is 2.44. The van der Waals surface area contributed by atoms with Crippen molar-refractivity contribution in [3.63, 3.8) is 0 Å². The summed E-state index contributed by atoms with van der Waals surface area (Å²) in [5.74, 6) is 2.00. The lowest BCUT2D eigenvalue weighted by atomic mass is 9.93. The molecule has 1 saturated carbocycles. The summed E-state index contributed by atoms with van der Waals surface area (Å²) in [5.41, 5.74) is 1.53. The third kappa shape index (κ3) is 2.44. The van der Waals surface area contributed by atoms with Gasteiger partial charge in [-0.05, 0) is 30.7 Å². The summed E-state index contributed by atoms with van der Waals surface area (Å²) in [7, 11) is 0. The Balaban J connectivity index is 2.15. The summed E-state index contributed by atoms with van der Waals surface area (Å²) in [5, 5.41) is 0.110. The number of fused-ring (bicyclic) bond motifs is 1. The summed E-state index contributed by atoms with van der Waals surface area (Å²) in [6, 6.07) is 3.43. The molecule has 1 aliphatic rings. The topological polar surface area (TPSA) is 17.8 Å². The highest BCUT2D eigenvalue weighted by atomic mass is 35.5. The van der Waals surface area contributed by atoms with Gasteiger partial charge in [-0.25, -0.2) is 9.37 Å². The van der Waals surface area contributed by atoms with Crippen LogP contribution in [0.25, 0.3) is 11.0 Å². The first-order valence-corrected chi connectivity index (χ1v) is 8.39. The van der Waals surface area contributed by atoms with Crippen LogP contribution in [0.5, 0.6) is 0 Å². The molecular formula is C16H19Cl2FN2. The molecular weight excluding hydrogens is 310 g/mol. The van der Waals surface area contributed by atoms with Crippen LogP contribution in [0.3, 0.4) is 0 Å². The maximum atomic E-state index is 13.9. The first-order chi connectivity index (χ1) is 10.1. The molecule has 1 heterocycles. The third-order valence-electron chi connectivity index (χ3n) is 4.96. The van der Waals surface area contributed by atoms with Crippen molar-refractivity contribution in [2.45, 2.75) is 45.0 Å². The van der Waals surface area contributed by atoms with Crippen LogP contribution >= 0.6 is 23.2 Å². The molecule has 3 atom stereocenters. The van der Waals surface area contributed by atoms with E-state index in [0.717, 1.165) is 23.3 Å². The molecule has 3 rings (SSSR count). The van der Waals surface area contributed by atoms with Gasteiger partial charge in [-0.15, -0.1) is 11.6 Å². The molecule has 1 fully saturated rings. The van der Waals surface area contributed by atoms with Crippen molar-refractivity contribution in [1.29, 1.82) is 0 Å². The van der Waals surface area contributed by atoms with E-state index in [1.54, 1.807) is 6.07 Å². The van der Waals surface area contributed by atoms with Crippen molar-refractivity contribution >= 4 is 34.2 Å². The number of rotatable bonds is 3. The zero-order valence-corrected chi connectivity index (χ0v) is 13.8. The van der Waals surface area contributed by atoms with Gasteiger partial charge in [-0.1, -0.05) is 31.9 Å². The second-order valence-electron chi connectivity index (χ2n) is 5.96. The fraction of sp³-hybridized carbons (Fsp3) is 0.562. The van der Waals surface area contributed by atoms with Crippen molar-refractivity contribution in [2.24, 2.45) is 11.8 Å². The highest BCUT2D eigenvalue weighted by molar-refractivity contribution is 6.31. The Morgan fingerprint density at radius 1 is 1.38 bits per heavy atom. The van der Waals surface area contributed by atoms with Crippen molar-refractivity contribution in [3.8, 4) is 0 Å². The van der Waals surface area contributed by atoms with Gasteiger partial charge >= 0.3 is 0 Å². The Labute approximate surface area is 134 Å². The summed E-state index contributed by atoms with van der Waals surface area (Å²) in [4.78, 5) is 4.54. The largest absolute Gasteiger partial charge is 0.323 e. The monoisotopic (exact) mass is 328 g/mol. The average Bonchev–Trinajstić information content (AvgIpc) is 2.99. The normalized spacial score (nSPS) is 25.9. The number of imidazole rings is 1. The van der Waals surface area contributed by atoms with E-state index in [9.17, 15) is 4.39 Å². The Bertz CT molecular complexity index is 668. The van der Waals surface area contributed by atoms with E-state index in [2.05, 4.69) is 23.4 Å². The van der Waals surface area contributed by atoms with Gasteiger partial charge in [0.15, 0.2) is 0 Å². The number of alkyl halides is 1. The average molecular weight is 329 g/mol. The van der Waals surface area contributed by atoms with Gasteiger partial charge in [0.25, 0.3) is 0 Å². The molecule has 21 heavy (non-hydrogen) atoms. The maximum Gasteiger partial charge on any atom is 0.144 e. The first kappa shape index (κ1) is 15.1. The van der Waals surface area contributed by atoms with Crippen LogP contribution in [0, 0.1) is 17.7 Å². The van der Waals surface area contributed by atoms with Crippen LogP contribution in [0.2, 0.25) is 5.02 Å². The van der Waals surface area contributed by atoms with E-state index in [0.29, 0.717) is 23.8 Å². The predicted octanol–water partition coefficient (Wildman–Crippen LogP) is 5.56. The summed E-state index contributed by atoms with van der Waals surface area (Å²) >= 11 is 11.9. The third-order valence-corrected chi connectivity index (χ3v) is 5.49. The van der Waals surface area contributed by atoms with Crippen LogP contribution in [0.1, 0.15) is 45.0 Å². The SMILES string of the molecule is CCC1CCC(n2c(CCl)nc3cc(Cl)c(F)cc32)C1C. The van der Waals surface area contributed by atoms with Gasteiger partial charge in [-0.3, -0.25) is 0 Å². The molecule has 5 heteroatoms. The molecule has 1 aromatic carbocycles. The Kier molecular flexibility index (Phi) is 4.15. The zero-order valence-electron chi connectivity index (χ0n) is 12.2. The van der Waals surface area contributed by atoms with Gasteiger partial charge in [0.2, 0.25) is 0 Å². The first-order valence-electron chi connectivity index (χ1n) is 7.48. The molecule has 3 unspecified atom stereocenters. The fourth-order valence-corrected chi connectivity index (χ4v) is 4.12. The smallest absolute Gasteiger partial charge is 0.144 e. The molecule has 0 amide bonds. The molecule has 2 aromatic rings. The molecule has 1 aromatic heterocycles. The number of hydrogen-bond donors (Lipinski definition) is 0. The minimum atomic E-state index is -0.399. The van der Waals surface area contributed by atoms with E-state index >= 15 is 0 Å². The molecule has 0 aliphatic heterocycles. The minimum Gasteiger partial charge on any atom is -0.323 e. The van der Waals surface area contributed by atoms with Crippen molar-refractivity contribution in [1.82, 2.24) is 9.55 Å². The van der Waals surface area contributed by atoms with E-state index in [1.165, 1.54) is 18.9 Å². The summed E-state index contributed by atoms with van der Waals surface area (Å²) in [6.07, 6.45) is 3.49. The van der Waals surface area contributed by atoms with Gasteiger partial charge < -0.3 is 4.57 Å². The Morgan fingerprint density at radius 3 is 2.76 bits per heavy atom. The second-order valence-corrected chi connectivity index (χ2v) is 6.63. The van der Waals surface area contributed by atoms with Crippen LogP contribution in [-0.2, 0) is 5.88 Å². The number of halogens is 3. The van der Waals surface area contributed by atoms with E-state index < -0.39 is 5.82 Å². The van der Waals surface area contributed by atoms with Crippen molar-refractivity contribution in [3.05, 3.63) is 28.8 Å². The van der Waals surface area contributed by atoms with Gasteiger partial charge in [0, 0.05) is 12.1 Å². The van der Waals surface area contributed by atoms with Gasteiger partial charge in [-0.2, -0.15) is 0 Å². The van der Waals surface area contributed by atoms with Gasteiger partial charge in [0.05, 0.1) is 21.9 Å². The fourth-order valence-electron chi connectivity index (χ4n) is 3.77. The highest BCUT2D eigenvalue weighted by Gasteiger charge is 2.34. The number of benzene rings is 1. The predicted molar refractivity (Wildman–Crippen MR) is 85.5 cm³/mol. The lowest BCUT2D eigenvalue weighted by Crippen LogP contribution is -2.17. The van der Waals surface area contributed by atoms with E-state index in [4.69, 9.17) is 23.2 Å². The Hall–Kier alpha value is -0.800. The lowest BCUT2D eigenvalue weighted by Gasteiger charge is -2.23. The molecule has 1 aliphatic carbocycles. The molecule has 0 spiro atoms. The number of hydrogen-bond acceptors (Lipinski definition) is 1. The zero-order chi connectivity index (χ0) is 15.1. The van der Waals surface area contributed by atoms with Crippen LogP contribution in [0.15, 0.2) is 12.1 Å². The lowest BCUT2D eigenvalue weighted by molar-refractivity contribution is 0.330.